The molecule has 1 saturated heterocycles. The van der Waals surface area contributed by atoms with Crippen molar-refractivity contribution < 1.29 is 14.0 Å². The molecule has 2 atom stereocenters. The van der Waals surface area contributed by atoms with Crippen LogP contribution in [0.3, 0.4) is 0 Å². The van der Waals surface area contributed by atoms with Crippen LogP contribution in [-0.4, -0.2) is 35.3 Å². The first-order valence-corrected chi connectivity index (χ1v) is 12.7. The van der Waals surface area contributed by atoms with Crippen LogP contribution in [0, 0.1) is 12.7 Å². The molecule has 1 aromatic heterocycles. The number of aromatic nitrogens is 1. The summed E-state index contributed by atoms with van der Waals surface area (Å²) in [5.41, 5.74) is 2.66. The van der Waals surface area contributed by atoms with Gasteiger partial charge in [0.1, 0.15) is 17.6 Å². The summed E-state index contributed by atoms with van der Waals surface area (Å²) in [5, 5.41) is 7.41. The topological polar surface area (TPSA) is 71.1 Å². The van der Waals surface area contributed by atoms with E-state index in [-0.39, 0.29) is 23.5 Å². The second-order valence-electron chi connectivity index (χ2n) is 9.25. The van der Waals surface area contributed by atoms with Gasteiger partial charge < -0.3 is 10.6 Å². The maximum Gasteiger partial charge on any atom is 0.251 e. The SMILES string of the molecule is Cc1cccc(C(=O)NC(C(=O)c2nc(C3CC3)sc2-c2ccc(F)cc2)C2CCCCN2)c1. The van der Waals surface area contributed by atoms with Crippen LogP contribution in [0.4, 0.5) is 4.39 Å². The first-order chi connectivity index (χ1) is 16.5. The Morgan fingerprint density at radius 1 is 1.12 bits per heavy atom. The number of benzene rings is 2. The van der Waals surface area contributed by atoms with Crippen LogP contribution in [0.25, 0.3) is 10.4 Å². The fourth-order valence-corrected chi connectivity index (χ4v) is 5.72. The molecule has 1 saturated carbocycles. The van der Waals surface area contributed by atoms with Gasteiger partial charge in [-0.3, -0.25) is 9.59 Å². The summed E-state index contributed by atoms with van der Waals surface area (Å²) in [7, 11) is 0. The number of rotatable bonds is 7. The van der Waals surface area contributed by atoms with Gasteiger partial charge in [-0.1, -0.05) is 36.2 Å². The number of nitrogens with zero attached hydrogens (tertiary/aromatic N) is 1. The van der Waals surface area contributed by atoms with Crippen LogP contribution in [0.15, 0.2) is 48.5 Å². The van der Waals surface area contributed by atoms with Crippen molar-refractivity contribution in [3.8, 4) is 10.4 Å². The largest absolute Gasteiger partial charge is 0.340 e. The lowest BCUT2D eigenvalue weighted by molar-refractivity contribution is 0.0823. The van der Waals surface area contributed by atoms with E-state index in [4.69, 9.17) is 4.98 Å². The predicted octanol–water partition coefficient (Wildman–Crippen LogP) is 5.26. The molecule has 5 rings (SSSR count). The summed E-state index contributed by atoms with van der Waals surface area (Å²) in [5.74, 6) is -0.393. The molecule has 2 unspecified atom stereocenters. The van der Waals surface area contributed by atoms with Crippen molar-refractivity contribution in [3.63, 3.8) is 0 Å². The summed E-state index contributed by atoms with van der Waals surface area (Å²) in [6.45, 7) is 2.75. The highest BCUT2D eigenvalue weighted by molar-refractivity contribution is 7.15. The van der Waals surface area contributed by atoms with Gasteiger partial charge in [0, 0.05) is 17.5 Å². The molecule has 5 nitrogen and oxygen atoms in total. The number of hydrogen-bond donors (Lipinski definition) is 2. The number of carbonyl (C=O) groups excluding carboxylic acids is 2. The van der Waals surface area contributed by atoms with Gasteiger partial charge in [-0.25, -0.2) is 9.37 Å². The summed E-state index contributed by atoms with van der Waals surface area (Å²) in [4.78, 5) is 32.7. The molecule has 7 heteroatoms. The van der Waals surface area contributed by atoms with E-state index in [1.54, 1.807) is 18.2 Å². The monoisotopic (exact) mass is 477 g/mol. The third-order valence-corrected chi connectivity index (χ3v) is 7.78. The normalized spacial score (nSPS) is 18.9. The number of Topliss-reactive ketones (excluding diaryl/α,β-unsaturated/α-hetero) is 1. The van der Waals surface area contributed by atoms with E-state index in [0.29, 0.717) is 17.2 Å². The van der Waals surface area contributed by atoms with E-state index >= 15 is 0 Å². The number of hydrogen-bond acceptors (Lipinski definition) is 5. The van der Waals surface area contributed by atoms with E-state index in [2.05, 4.69) is 10.6 Å². The lowest BCUT2D eigenvalue weighted by Crippen LogP contribution is -2.55. The summed E-state index contributed by atoms with van der Waals surface area (Å²) in [6.07, 6.45) is 4.99. The van der Waals surface area contributed by atoms with Gasteiger partial charge in [-0.2, -0.15) is 0 Å². The Kier molecular flexibility index (Phi) is 6.57. The Labute approximate surface area is 202 Å². The van der Waals surface area contributed by atoms with Gasteiger partial charge in [-0.05, 0) is 69.0 Å². The van der Waals surface area contributed by atoms with Crippen LogP contribution in [0.1, 0.15) is 69.4 Å². The molecule has 1 aliphatic carbocycles. The molecule has 1 amide bonds. The number of ketones is 1. The third-order valence-electron chi connectivity index (χ3n) is 6.51. The second-order valence-corrected chi connectivity index (χ2v) is 10.3. The number of aryl methyl sites for hydroxylation is 1. The lowest BCUT2D eigenvalue weighted by Gasteiger charge is -2.31. The highest BCUT2D eigenvalue weighted by Crippen LogP contribution is 2.45. The van der Waals surface area contributed by atoms with E-state index in [9.17, 15) is 14.0 Å². The fourth-order valence-electron chi connectivity index (χ4n) is 4.48. The Bertz CT molecular complexity index is 1200. The number of carbonyl (C=O) groups is 2. The number of thiazole rings is 1. The van der Waals surface area contributed by atoms with Crippen LogP contribution in [0.5, 0.6) is 0 Å². The van der Waals surface area contributed by atoms with Crippen molar-refractivity contribution in [2.75, 3.05) is 6.54 Å². The van der Waals surface area contributed by atoms with Crippen molar-refractivity contribution in [2.24, 2.45) is 0 Å². The first-order valence-electron chi connectivity index (χ1n) is 11.9. The molecular weight excluding hydrogens is 449 g/mol. The quantitative estimate of drug-likeness (QED) is 0.456. The Morgan fingerprint density at radius 2 is 1.91 bits per heavy atom. The molecule has 2 N–H and O–H groups in total. The minimum Gasteiger partial charge on any atom is -0.340 e. The molecule has 0 spiro atoms. The van der Waals surface area contributed by atoms with Crippen LogP contribution in [-0.2, 0) is 0 Å². The zero-order valence-corrected chi connectivity index (χ0v) is 20.0. The molecule has 0 bridgehead atoms. The zero-order valence-electron chi connectivity index (χ0n) is 19.1. The van der Waals surface area contributed by atoms with Crippen molar-refractivity contribution in [2.45, 2.75) is 57.0 Å². The number of amides is 1. The number of halogens is 1. The molecule has 1 aliphatic heterocycles. The Morgan fingerprint density at radius 3 is 2.59 bits per heavy atom. The molecule has 176 valence electrons. The molecule has 0 radical (unpaired) electrons. The fraction of sp³-hybridized carbons (Fsp3) is 0.370. The number of nitrogens with one attached hydrogen (secondary N) is 2. The second kappa shape index (κ2) is 9.76. The van der Waals surface area contributed by atoms with E-state index in [1.807, 2.05) is 25.1 Å². The smallest absolute Gasteiger partial charge is 0.251 e. The van der Waals surface area contributed by atoms with Crippen molar-refractivity contribution >= 4 is 23.0 Å². The molecular formula is C27H28FN3O2S. The average Bonchev–Trinajstić information content (AvgIpc) is 3.61. The van der Waals surface area contributed by atoms with Gasteiger partial charge in [0.2, 0.25) is 5.78 Å². The van der Waals surface area contributed by atoms with E-state index in [1.165, 1.54) is 23.5 Å². The zero-order chi connectivity index (χ0) is 23.7. The molecule has 2 heterocycles. The highest BCUT2D eigenvalue weighted by atomic mass is 32.1. The van der Waals surface area contributed by atoms with Gasteiger partial charge in [0.05, 0.1) is 9.88 Å². The van der Waals surface area contributed by atoms with Gasteiger partial charge in [0.25, 0.3) is 5.91 Å². The third kappa shape index (κ3) is 4.95. The summed E-state index contributed by atoms with van der Waals surface area (Å²) >= 11 is 1.51. The molecule has 2 fully saturated rings. The molecule has 2 aromatic carbocycles. The van der Waals surface area contributed by atoms with Gasteiger partial charge in [0.15, 0.2) is 0 Å². The maximum absolute atomic E-state index is 14.0. The molecule has 2 aliphatic rings. The van der Waals surface area contributed by atoms with Crippen molar-refractivity contribution in [1.29, 1.82) is 0 Å². The first kappa shape index (κ1) is 22.9. The lowest BCUT2D eigenvalue weighted by atomic mass is 9.92. The standard InChI is InChI=1S/C27H28FN3O2S/c1-16-5-4-6-19(15-16)26(33)30-22(21-7-2-3-14-29-21)24(32)23-25(17-10-12-20(28)13-11-17)34-27(31-23)18-8-9-18/h4-6,10-13,15,18,21-22,29H,2-3,7-9,14H2,1H3,(H,30,33). The van der Waals surface area contributed by atoms with E-state index in [0.717, 1.165) is 59.7 Å². The van der Waals surface area contributed by atoms with Gasteiger partial charge >= 0.3 is 0 Å². The minimum absolute atomic E-state index is 0.165. The number of piperidine rings is 1. The molecule has 3 aromatic rings. The average molecular weight is 478 g/mol. The Balaban J connectivity index is 1.50. The minimum atomic E-state index is -0.735. The van der Waals surface area contributed by atoms with Crippen LogP contribution >= 0.6 is 11.3 Å². The van der Waals surface area contributed by atoms with E-state index < -0.39 is 6.04 Å². The predicted molar refractivity (Wildman–Crippen MR) is 132 cm³/mol. The van der Waals surface area contributed by atoms with Crippen LogP contribution in [0.2, 0.25) is 0 Å². The maximum atomic E-state index is 14.0. The van der Waals surface area contributed by atoms with Crippen LogP contribution < -0.4 is 10.6 Å². The Hall–Kier alpha value is -2.90. The molecule has 34 heavy (non-hydrogen) atoms. The summed E-state index contributed by atoms with van der Waals surface area (Å²) < 4.78 is 13.6. The highest BCUT2D eigenvalue weighted by Gasteiger charge is 2.36. The summed E-state index contributed by atoms with van der Waals surface area (Å²) in [6, 6.07) is 12.6. The van der Waals surface area contributed by atoms with Crippen molar-refractivity contribution in [3.05, 3.63) is 76.2 Å². The van der Waals surface area contributed by atoms with Crippen molar-refractivity contribution in [1.82, 2.24) is 15.6 Å². The van der Waals surface area contributed by atoms with Gasteiger partial charge in [-0.15, -0.1) is 11.3 Å².